The Morgan fingerprint density at radius 1 is 1.47 bits per heavy atom. The molecule has 0 aromatic heterocycles. The van der Waals surface area contributed by atoms with Gasteiger partial charge in [0.1, 0.15) is 17.3 Å². The summed E-state index contributed by atoms with van der Waals surface area (Å²) in [7, 11) is 1.57. The van der Waals surface area contributed by atoms with Crippen molar-refractivity contribution in [3.8, 4) is 5.75 Å². The van der Waals surface area contributed by atoms with Gasteiger partial charge in [-0.25, -0.2) is 4.39 Å². The van der Waals surface area contributed by atoms with Gasteiger partial charge in [0.05, 0.1) is 13.7 Å². The Labute approximate surface area is 100 Å². The van der Waals surface area contributed by atoms with Crippen LogP contribution in [0.3, 0.4) is 0 Å². The highest BCUT2D eigenvalue weighted by molar-refractivity contribution is 5.81. The van der Waals surface area contributed by atoms with Gasteiger partial charge in [0.2, 0.25) is 0 Å². The van der Waals surface area contributed by atoms with Gasteiger partial charge >= 0.3 is 0 Å². The second kappa shape index (κ2) is 5.27. The quantitative estimate of drug-likeness (QED) is 0.805. The molecule has 1 heterocycles. The van der Waals surface area contributed by atoms with E-state index in [0.29, 0.717) is 25.3 Å². The van der Waals surface area contributed by atoms with Crippen molar-refractivity contribution in [2.45, 2.75) is 19.4 Å². The van der Waals surface area contributed by atoms with Gasteiger partial charge in [0.25, 0.3) is 0 Å². The molecule has 0 saturated carbocycles. The van der Waals surface area contributed by atoms with Crippen molar-refractivity contribution < 1.29 is 13.9 Å². The number of benzene rings is 1. The minimum absolute atomic E-state index is 0.256. The lowest BCUT2D eigenvalue weighted by atomic mass is 10.1. The van der Waals surface area contributed by atoms with Gasteiger partial charge in [-0.3, -0.25) is 9.69 Å². The van der Waals surface area contributed by atoms with E-state index in [1.165, 1.54) is 12.1 Å². The van der Waals surface area contributed by atoms with Crippen LogP contribution in [0.2, 0.25) is 0 Å². The van der Waals surface area contributed by atoms with E-state index in [4.69, 9.17) is 4.74 Å². The van der Waals surface area contributed by atoms with Crippen LogP contribution in [0, 0.1) is 5.82 Å². The summed E-state index contributed by atoms with van der Waals surface area (Å²) >= 11 is 0. The SMILES string of the molecule is COc1ccc(F)cc1CN1CCCC(=O)C1. The number of piperidine rings is 1. The predicted octanol–water partition coefficient (Wildman–Crippen LogP) is 2.00. The number of ether oxygens (including phenoxy) is 1. The van der Waals surface area contributed by atoms with Crippen LogP contribution in [-0.2, 0) is 11.3 Å². The molecule has 1 aliphatic rings. The average molecular weight is 237 g/mol. The summed E-state index contributed by atoms with van der Waals surface area (Å²) in [5.74, 6) is 0.653. The first-order chi connectivity index (χ1) is 8.19. The van der Waals surface area contributed by atoms with E-state index in [1.54, 1.807) is 13.2 Å². The summed E-state index contributed by atoms with van der Waals surface area (Å²) in [6.07, 6.45) is 1.55. The number of nitrogens with zero attached hydrogens (tertiary/aromatic N) is 1. The molecule has 1 aromatic rings. The van der Waals surface area contributed by atoms with E-state index in [2.05, 4.69) is 0 Å². The lowest BCUT2D eigenvalue weighted by Gasteiger charge is -2.26. The number of likely N-dealkylation sites (tertiary alicyclic amines) is 1. The normalized spacial score (nSPS) is 17.2. The number of ketones is 1. The van der Waals surface area contributed by atoms with Gasteiger partial charge in [0.15, 0.2) is 0 Å². The van der Waals surface area contributed by atoms with Gasteiger partial charge in [-0.1, -0.05) is 0 Å². The fourth-order valence-electron chi connectivity index (χ4n) is 2.15. The molecule has 92 valence electrons. The van der Waals surface area contributed by atoms with Crippen LogP contribution in [0.25, 0.3) is 0 Å². The number of halogens is 1. The molecule has 0 amide bonds. The average Bonchev–Trinajstić information content (AvgIpc) is 2.29. The molecular formula is C13H16FNO2. The number of methoxy groups -OCH3 is 1. The van der Waals surface area contributed by atoms with Gasteiger partial charge in [-0.05, 0) is 31.2 Å². The molecule has 1 aromatic carbocycles. The van der Waals surface area contributed by atoms with Crippen LogP contribution in [0.5, 0.6) is 5.75 Å². The highest BCUT2D eigenvalue weighted by Gasteiger charge is 2.18. The first kappa shape index (κ1) is 12.0. The standard InChI is InChI=1S/C13H16FNO2/c1-17-13-5-4-11(14)7-10(13)8-15-6-2-3-12(16)9-15/h4-5,7H,2-3,6,8-9H2,1H3. The van der Waals surface area contributed by atoms with Gasteiger partial charge < -0.3 is 4.74 Å². The smallest absolute Gasteiger partial charge is 0.146 e. The van der Waals surface area contributed by atoms with E-state index in [9.17, 15) is 9.18 Å². The Bertz CT molecular complexity index is 420. The van der Waals surface area contributed by atoms with Crippen molar-refractivity contribution in [1.29, 1.82) is 0 Å². The Morgan fingerprint density at radius 2 is 2.29 bits per heavy atom. The number of rotatable bonds is 3. The van der Waals surface area contributed by atoms with Crippen LogP contribution in [0.1, 0.15) is 18.4 Å². The second-order valence-corrected chi connectivity index (χ2v) is 4.31. The molecule has 0 bridgehead atoms. The molecule has 0 unspecified atom stereocenters. The molecule has 0 radical (unpaired) electrons. The van der Waals surface area contributed by atoms with Crippen LogP contribution in [0.4, 0.5) is 4.39 Å². The molecule has 0 N–H and O–H groups in total. The molecule has 0 atom stereocenters. The van der Waals surface area contributed by atoms with Crippen LogP contribution in [-0.4, -0.2) is 30.9 Å². The molecule has 1 saturated heterocycles. The molecule has 0 aliphatic carbocycles. The zero-order valence-corrected chi connectivity index (χ0v) is 9.91. The Morgan fingerprint density at radius 3 is 3.00 bits per heavy atom. The third-order valence-electron chi connectivity index (χ3n) is 2.97. The van der Waals surface area contributed by atoms with E-state index in [1.807, 2.05) is 4.90 Å². The Balaban J connectivity index is 2.11. The van der Waals surface area contributed by atoms with Gasteiger partial charge in [-0.15, -0.1) is 0 Å². The Hall–Kier alpha value is -1.42. The van der Waals surface area contributed by atoms with E-state index in [0.717, 1.165) is 18.5 Å². The zero-order valence-electron chi connectivity index (χ0n) is 9.91. The largest absolute Gasteiger partial charge is 0.496 e. The van der Waals surface area contributed by atoms with Crippen LogP contribution >= 0.6 is 0 Å². The van der Waals surface area contributed by atoms with Crippen molar-refractivity contribution in [2.24, 2.45) is 0 Å². The van der Waals surface area contributed by atoms with Crippen LogP contribution in [0.15, 0.2) is 18.2 Å². The van der Waals surface area contributed by atoms with Gasteiger partial charge in [0, 0.05) is 18.5 Å². The monoisotopic (exact) mass is 237 g/mol. The fraction of sp³-hybridized carbons (Fsp3) is 0.462. The number of carbonyl (C=O) groups is 1. The predicted molar refractivity (Wildman–Crippen MR) is 62.5 cm³/mol. The lowest BCUT2D eigenvalue weighted by molar-refractivity contribution is -0.122. The molecule has 1 aliphatic heterocycles. The van der Waals surface area contributed by atoms with E-state index in [-0.39, 0.29) is 11.6 Å². The second-order valence-electron chi connectivity index (χ2n) is 4.31. The molecule has 4 heteroatoms. The zero-order chi connectivity index (χ0) is 12.3. The Kier molecular flexibility index (Phi) is 3.74. The maximum Gasteiger partial charge on any atom is 0.146 e. The third kappa shape index (κ3) is 3.03. The summed E-state index contributed by atoms with van der Waals surface area (Å²) in [4.78, 5) is 13.4. The summed E-state index contributed by atoms with van der Waals surface area (Å²) in [5, 5.41) is 0. The molecule has 17 heavy (non-hydrogen) atoms. The fourth-order valence-corrected chi connectivity index (χ4v) is 2.15. The molecule has 0 spiro atoms. The first-order valence-corrected chi connectivity index (χ1v) is 5.75. The van der Waals surface area contributed by atoms with Crippen molar-refractivity contribution in [3.05, 3.63) is 29.6 Å². The highest BCUT2D eigenvalue weighted by Crippen LogP contribution is 2.22. The van der Waals surface area contributed by atoms with Gasteiger partial charge in [-0.2, -0.15) is 0 Å². The molecule has 2 rings (SSSR count). The number of hydrogen-bond donors (Lipinski definition) is 0. The van der Waals surface area contributed by atoms with E-state index >= 15 is 0 Å². The summed E-state index contributed by atoms with van der Waals surface area (Å²) in [6.45, 7) is 1.90. The third-order valence-corrected chi connectivity index (χ3v) is 2.97. The topological polar surface area (TPSA) is 29.5 Å². The van der Waals surface area contributed by atoms with Crippen molar-refractivity contribution in [1.82, 2.24) is 4.90 Å². The number of hydrogen-bond acceptors (Lipinski definition) is 3. The minimum atomic E-state index is -0.274. The van der Waals surface area contributed by atoms with E-state index < -0.39 is 0 Å². The highest BCUT2D eigenvalue weighted by atomic mass is 19.1. The maximum atomic E-state index is 13.2. The number of carbonyl (C=O) groups excluding carboxylic acids is 1. The first-order valence-electron chi connectivity index (χ1n) is 5.75. The van der Waals surface area contributed by atoms with Crippen LogP contribution < -0.4 is 4.74 Å². The minimum Gasteiger partial charge on any atom is -0.496 e. The summed E-state index contributed by atoms with van der Waals surface area (Å²) in [5.41, 5.74) is 0.794. The number of Topliss-reactive ketones (excluding diaryl/α,β-unsaturated/α-hetero) is 1. The summed E-state index contributed by atoms with van der Waals surface area (Å²) in [6, 6.07) is 4.47. The van der Waals surface area contributed by atoms with Crippen molar-refractivity contribution in [3.63, 3.8) is 0 Å². The summed E-state index contributed by atoms with van der Waals surface area (Å²) < 4.78 is 18.4. The van der Waals surface area contributed by atoms with Crippen molar-refractivity contribution in [2.75, 3.05) is 20.2 Å². The molecular weight excluding hydrogens is 221 g/mol. The maximum absolute atomic E-state index is 13.2. The molecule has 3 nitrogen and oxygen atoms in total. The molecule has 1 fully saturated rings. The lowest BCUT2D eigenvalue weighted by Crippen LogP contribution is -2.35. The van der Waals surface area contributed by atoms with Crippen molar-refractivity contribution >= 4 is 5.78 Å².